The van der Waals surface area contributed by atoms with E-state index < -0.39 is 11.8 Å². The van der Waals surface area contributed by atoms with Crippen molar-refractivity contribution in [3.05, 3.63) is 64.7 Å². The molecule has 6 nitrogen and oxygen atoms in total. The van der Waals surface area contributed by atoms with E-state index in [4.69, 9.17) is 16.3 Å². The van der Waals surface area contributed by atoms with Crippen molar-refractivity contribution in [2.24, 2.45) is 5.10 Å². The summed E-state index contributed by atoms with van der Waals surface area (Å²) >= 11 is 6.08. The molecular formula is C19H20ClN3O3. The van der Waals surface area contributed by atoms with Gasteiger partial charge in [0.05, 0.1) is 23.9 Å². The van der Waals surface area contributed by atoms with Gasteiger partial charge in [0.25, 0.3) is 0 Å². The second kappa shape index (κ2) is 9.58. The molecule has 136 valence electrons. The Kier molecular flexibility index (Phi) is 7.17. The van der Waals surface area contributed by atoms with Crippen LogP contribution in [-0.4, -0.2) is 24.6 Å². The van der Waals surface area contributed by atoms with Crippen molar-refractivity contribution in [1.29, 1.82) is 0 Å². The number of rotatable bonds is 6. The van der Waals surface area contributed by atoms with Crippen molar-refractivity contribution in [3.8, 4) is 5.75 Å². The van der Waals surface area contributed by atoms with E-state index in [1.54, 1.807) is 25.1 Å². The summed E-state index contributed by atoms with van der Waals surface area (Å²) in [5, 5.41) is 6.83. The van der Waals surface area contributed by atoms with Gasteiger partial charge in [-0.15, -0.1) is 0 Å². The summed E-state index contributed by atoms with van der Waals surface area (Å²) in [5.41, 5.74) is 3.76. The van der Waals surface area contributed by atoms with Gasteiger partial charge in [0.2, 0.25) is 0 Å². The fourth-order valence-electron chi connectivity index (χ4n) is 2.17. The first-order valence-electron chi connectivity index (χ1n) is 8.12. The van der Waals surface area contributed by atoms with Crippen molar-refractivity contribution in [1.82, 2.24) is 10.7 Å². The largest absolute Gasteiger partial charge is 0.492 e. The molecule has 0 bridgehead atoms. The highest BCUT2D eigenvalue weighted by Gasteiger charge is 2.16. The number of hydrazone groups is 1. The van der Waals surface area contributed by atoms with Crippen LogP contribution >= 0.6 is 11.6 Å². The number of hydrogen-bond donors (Lipinski definition) is 2. The number of ether oxygens (including phenoxy) is 1. The third-order valence-electron chi connectivity index (χ3n) is 3.49. The van der Waals surface area contributed by atoms with Gasteiger partial charge in [0, 0.05) is 0 Å². The average Bonchev–Trinajstić information content (AvgIpc) is 2.64. The number of nitrogens with one attached hydrogen (secondary N) is 2. The third-order valence-corrected chi connectivity index (χ3v) is 3.78. The van der Waals surface area contributed by atoms with Crippen LogP contribution in [0.5, 0.6) is 5.75 Å². The SMILES string of the molecule is CCOc1ccc(/C=N\NC(=O)C(=O)N[C@H](C)c2ccccc2)cc1Cl. The molecule has 2 aromatic carbocycles. The Labute approximate surface area is 157 Å². The first kappa shape index (κ1) is 19.5. The molecule has 2 amide bonds. The fraction of sp³-hybridized carbons (Fsp3) is 0.211. The number of nitrogens with zero attached hydrogens (tertiary/aromatic N) is 1. The zero-order valence-electron chi connectivity index (χ0n) is 14.5. The minimum absolute atomic E-state index is 0.289. The number of carbonyl (C=O) groups is 2. The van der Waals surface area contributed by atoms with Crippen molar-refractivity contribution in [2.75, 3.05) is 6.61 Å². The quantitative estimate of drug-likeness (QED) is 0.464. The van der Waals surface area contributed by atoms with Crippen LogP contribution in [0, 0.1) is 0 Å². The van der Waals surface area contributed by atoms with Gasteiger partial charge in [0.1, 0.15) is 5.75 Å². The lowest BCUT2D eigenvalue weighted by atomic mass is 10.1. The molecule has 0 unspecified atom stereocenters. The molecule has 0 radical (unpaired) electrons. The van der Waals surface area contributed by atoms with Crippen LogP contribution in [0.25, 0.3) is 0 Å². The van der Waals surface area contributed by atoms with Gasteiger partial charge in [-0.2, -0.15) is 5.10 Å². The van der Waals surface area contributed by atoms with Crippen molar-refractivity contribution < 1.29 is 14.3 Å². The summed E-state index contributed by atoms with van der Waals surface area (Å²) in [6.07, 6.45) is 1.40. The van der Waals surface area contributed by atoms with Crippen LogP contribution < -0.4 is 15.5 Å². The van der Waals surface area contributed by atoms with E-state index in [1.165, 1.54) is 6.21 Å². The second-order valence-corrected chi connectivity index (χ2v) is 5.84. The maximum absolute atomic E-state index is 11.9. The molecular weight excluding hydrogens is 354 g/mol. The number of carbonyl (C=O) groups excluding carboxylic acids is 2. The molecule has 0 aromatic heterocycles. The van der Waals surface area contributed by atoms with Gasteiger partial charge in [-0.1, -0.05) is 41.9 Å². The Morgan fingerprint density at radius 1 is 1.19 bits per heavy atom. The Morgan fingerprint density at radius 3 is 2.58 bits per heavy atom. The normalized spacial score (nSPS) is 11.8. The summed E-state index contributed by atoms with van der Waals surface area (Å²) in [7, 11) is 0. The van der Waals surface area contributed by atoms with Crippen molar-refractivity contribution >= 4 is 29.6 Å². The Morgan fingerprint density at radius 2 is 1.92 bits per heavy atom. The van der Waals surface area contributed by atoms with Crippen LogP contribution in [0.3, 0.4) is 0 Å². The van der Waals surface area contributed by atoms with Crippen LogP contribution in [0.1, 0.15) is 31.0 Å². The fourth-order valence-corrected chi connectivity index (χ4v) is 2.42. The second-order valence-electron chi connectivity index (χ2n) is 5.43. The Bertz CT molecular complexity index is 794. The van der Waals surface area contributed by atoms with Gasteiger partial charge < -0.3 is 10.1 Å². The molecule has 0 heterocycles. The molecule has 0 aliphatic rings. The van der Waals surface area contributed by atoms with E-state index in [0.29, 0.717) is 22.9 Å². The van der Waals surface area contributed by atoms with E-state index in [0.717, 1.165) is 5.56 Å². The van der Waals surface area contributed by atoms with Crippen LogP contribution in [-0.2, 0) is 9.59 Å². The predicted molar refractivity (Wildman–Crippen MR) is 101 cm³/mol. The number of hydrogen-bond acceptors (Lipinski definition) is 4. The predicted octanol–water partition coefficient (Wildman–Crippen LogP) is 3.07. The van der Waals surface area contributed by atoms with Crippen LogP contribution in [0.2, 0.25) is 5.02 Å². The van der Waals surface area contributed by atoms with Gasteiger partial charge in [-0.3, -0.25) is 9.59 Å². The molecule has 0 spiro atoms. The van der Waals surface area contributed by atoms with Crippen LogP contribution in [0.4, 0.5) is 0 Å². The van der Waals surface area contributed by atoms with E-state index in [9.17, 15) is 9.59 Å². The standard InChI is InChI=1S/C19H20ClN3O3/c1-3-26-17-10-9-14(11-16(17)20)12-21-23-19(25)18(24)22-13(2)15-7-5-4-6-8-15/h4-13H,3H2,1-2H3,(H,22,24)(H,23,25)/b21-12-/t13-/m1/s1. The smallest absolute Gasteiger partial charge is 0.329 e. The molecule has 0 aliphatic carbocycles. The molecule has 0 fully saturated rings. The maximum Gasteiger partial charge on any atom is 0.329 e. The van der Waals surface area contributed by atoms with E-state index in [-0.39, 0.29) is 6.04 Å². The summed E-state index contributed by atoms with van der Waals surface area (Å²) < 4.78 is 5.34. The van der Waals surface area contributed by atoms with Crippen molar-refractivity contribution in [3.63, 3.8) is 0 Å². The number of amides is 2. The van der Waals surface area contributed by atoms with E-state index >= 15 is 0 Å². The van der Waals surface area contributed by atoms with Crippen molar-refractivity contribution in [2.45, 2.75) is 19.9 Å². The Balaban J connectivity index is 1.88. The summed E-state index contributed by atoms with van der Waals surface area (Å²) in [4.78, 5) is 23.7. The van der Waals surface area contributed by atoms with Crippen LogP contribution in [0.15, 0.2) is 53.6 Å². The third kappa shape index (κ3) is 5.60. The van der Waals surface area contributed by atoms with Gasteiger partial charge in [-0.25, -0.2) is 5.43 Å². The maximum atomic E-state index is 11.9. The summed E-state index contributed by atoms with van der Waals surface area (Å²) in [6.45, 7) is 4.18. The summed E-state index contributed by atoms with van der Waals surface area (Å²) in [5.74, 6) is -1.03. The van der Waals surface area contributed by atoms with E-state index in [2.05, 4.69) is 15.8 Å². The highest BCUT2D eigenvalue weighted by molar-refractivity contribution is 6.35. The molecule has 0 saturated carbocycles. The molecule has 2 N–H and O–H groups in total. The minimum atomic E-state index is -0.846. The topological polar surface area (TPSA) is 79.8 Å². The van der Waals surface area contributed by atoms with Gasteiger partial charge >= 0.3 is 11.8 Å². The van der Waals surface area contributed by atoms with Gasteiger partial charge in [0.15, 0.2) is 0 Å². The molecule has 2 rings (SSSR count). The number of halogens is 1. The van der Waals surface area contributed by atoms with E-state index in [1.807, 2.05) is 37.3 Å². The zero-order chi connectivity index (χ0) is 18.9. The molecule has 7 heteroatoms. The first-order chi connectivity index (χ1) is 12.5. The number of benzene rings is 2. The first-order valence-corrected chi connectivity index (χ1v) is 8.50. The Hall–Kier alpha value is -2.86. The lowest BCUT2D eigenvalue weighted by Crippen LogP contribution is -2.39. The monoisotopic (exact) mass is 373 g/mol. The van der Waals surface area contributed by atoms with Gasteiger partial charge in [-0.05, 0) is 43.2 Å². The highest BCUT2D eigenvalue weighted by atomic mass is 35.5. The molecule has 26 heavy (non-hydrogen) atoms. The average molecular weight is 374 g/mol. The lowest BCUT2D eigenvalue weighted by Gasteiger charge is -2.13. The zero-order valence-corrected chi connectivity index (χ0v) is 15.3. The molecule has 0 saturated heterocycles. The molecule has 2 aromatic rings. The highest BCUT2D eigenvalue weighted by Crippen LogP contribution is 2.24. The molecule has 1 atom stereocenters. The minimum Gasteiger partial charge on any atom is -0.492 e. The molecule has 0 aliphatic heterocycles. The lowest BCUT2D eigenvalue weighted by molar-refractivity contribution is -0.139. The summed E-state index contributed by atoms with van der Waals surface area (Å²) in [6, 6.07) is 14.2.